The summed E-state index contributed by atoms with van der Waals surface area (Å²) in [5.74, 6) is -1.08. The predicted octanol–water partition coefficient (Wildman–Crippen LogP) is 1.83. The van der Waals surface area contributed by atoms with E-state index in [9.17, 15) is 9.59 Å². The van der Waals surface area contributed by atoms with Crippen LogP contribution in [0.4, 0.5) is 5.69 Å². The van der Waals surface area contributed by atoms with E-state index >= 15 is 0 Å². The van der Waals surface area contributed by atoms with Gasteiger partial charge in [0.05, 0.1) is 6.54 Å². The van der Waals surface area contributed by atoms with Gasteiger partial charge in [0.15, 0.2) is 0 Å². The van der Waals surface area contributed by atoms with Gasteiger partial charge in [0.25, 0.3) is 0 Å². The van der Waals surface area contributed by atoms with Gasteiger partial charge in [-0.3, -0.25) is 14.5 Å². The molecule has 0 aliphatic carbocycles. The Morgan fingerprint density at radius 1 is 1.37 bits per heavy atom. The molecule has 0 unspecified atom stereocenters. The number of benzene rings is 1. The number of hydrogen-bond donors (Lipinski definition) is 2. The normalized spacial score (nSPS) is 19.3. The van der Waals surface area contributed by atoms with Crippen molar-refractivity contribution in [2.24, 2.45) is 0 Å². The van der Waals surface area contributed by atoms with Crippen molar-refractivity contribution in [3.63, 3.8) is 0 Å². The molecule has 1 atom stereocenters. The first-order valence-corrected chi connectivity index (χ1v) is 6.46. The van der Waals surface area contributed by atoms with Crippen LogP contribution in [0.3, 0.4) is 0 Å². The minimum atomic E-state index is -0.864. The van der Waals surface area contributed by atoms with Gasteiger partial charge in [0.2, 0.25) is 5.91 Å². The Balaban J connectivity index is 1.90. The molecule has 2 rings (SSSR count). The van der Waals surface area contributed by atoms with Crippen molar-refractivity contribution in [2.75, 3.05) is 18.4 Å². The van der Waals surface area contributed by atoms with Crippen molar-refractivity contribution in [1.29, 1.82) is 0 Å². The zero-order valence-corrected chi connectivity index (χ0v) is 11.1. The van der Waals surface area contributed by atoms with Gasteiger partial charge in [0.1, 0.15) is 6.04 Å². The van der Waals surface area contributed by atoms with E-state index in [0.29, 0.717) is 23.7 Å². The van der Waals surface area contributed by atoms with Crippen LogP contribution >= 0.6 is 11.6 Å². The lowest BCUT2D eigenvalue weighted by Crippen LogP contribution is -2.40. The number of carbonyl (C=O) groups is 2. The number of likely N-dealkylation sites (tertiary alicyclic amines) is 1. The van der Waals surface area contributed by atoms with E-state index in [0.717, 1.165) is 6.42 Å². The van der Waals surface area contributed by atoms with Gasteiger partial charge in [-0.05, 0) is 43.7 Å². The van der Waals surface area contributed by atoms with Gasteiger partial charge in [0, 0.05) is 10.7 Å². The van der Waals surface area contributed by atoms with E-state index in [1.54, 1.807) is 29.2 Å². The van der Waals surface area contributed by atoms with Crippen LogP contribution in [0, 0.1) is 0 Å². The van der Waals surface area contributed by atoms with Gasteiger partial charge in [-0.1, -0.05) is 11.6 Å². The maximum Gasteiger partial charge on any atom is 0.320 e. The van der Waals surface area contributed by atoms with Crippen LogP contribution in [0.15, 0.2) is 24.3 Å². The van der Waals surface area contributed by atoms with E-state index in [1.807, 2.05) is 0 Å². The molecular formula is C13H15ClN2O3. The summed E-state index contributed by atoms with van der Waals surface area (Å²) in [4.78, 5) is 24.5. The van der Waals surface area contributed by atoms with Crippen LogP contribution in [0.1, 0.15) is 12.8 Å². The lowest BCUT2D eigenvalue weighted by atomic mass is 10.2. The third-order valence-corrected chi connectivity index (χ3v) is 3.38. The molecule has 1 heterocycles. The Morgan fingerprint density at radius 2 is 2.05 bits per heavy atom. The van der Waals surface area contributed by atoms with E-state index < -0.39 is 12.0 Å². The summed E-state index contributed by atoms with van der Waals surface area (Å²) in [7, 11) is 0. The molecule has 6 heteroatoms. The first-order chi connectivity index (χ1) is 9.06. The summed E-state index contributed by atoms with van der Waals surface area (Å²) in [5, 5.41) is 12.4. The quantitative estimate of drug-likeness (QED) is 0.884. The smallest absolute Gasteiger partial charge is 0.320 e. The molecule has 5 nitrogen and oxygen atoms in total. The van der Waals surface area contributed by atoms with Gasteiger partial charge >= 0.3 is 5.97 Å². The van der Waals surface area contributed by atoms with Crippen molar-refractivity contribution in [2.45, 2.75) is 18.9 Å². The molecule has 1 aliphatic heterocycles. The molecule has 1 saturated heterocycles. The highest BCUT2D eigenvalue weighted by Gasteiger charge is 2.31. The fourth-order valence-electron chi connectivity index (χ4n) is 2.21. The first kappa shape index (κ1) is 13.8. The van der Waals surface area contributed by atoms with Crippen LogP contribution in [0.5, 0.6) is 0 Å². The minimum Gasteiger partial charge on any atom is -0.480 e. The average Bonchev–Trinajstić information content (AvgIpc) is 2.80. The molecule has 1 aromatic carbocycles. The second kappa shape index (κ2) is 6.04. The molecule has 102 valence electrons. The van der Waals surface area contributed by atoms with Crippen molar-refractivity contribution in [1.82, 2.24) is 4.90 Å². The predicted molar refractivity (Wildman–Crippen MR) is 72.3 cm³/mol. The number of anilines is 1. The minimum absolute atomic E-state index is 0.0968. The van der Waals surface area contributed by atoms with Crippen molar-refractivity contribution in [3.05, 3.63) is 29.3 Å². The number of amides is 1. The standard InChI is InChI=1S/C13H15ClN2O3/c14-9-3-5-10(6-4-9)15-12(17)8-16-7-1-2-11(16)13(18)19/h3-6,11H,1-2,7-8H2,(H,15,17)(H,18,19)/t11-/m0/s1. The second-order valence-corrected chi connectivity index (χ2v) is 4.96. The van der Waals surface area contributed by atoms with Crippen molar-refractivity contribution >= 4 is 29.2 Å². The largest absolute Gasteiger partial charge is 0.480 e. The van der Waals surface area contributed by atoms with E-state index in [1.165, 1.54) is 0 Å². The molecule has 2 N–H and O–H groups in total. The molecule has 0 saturated carbocycles. The highest BCUT2D eigenvalue weighted by Crippen LogP contribution is 2.17. The molecule has 0 bridgehead atoms. The van der Waals surface area contributed by atoms with Gasteiger partial charge in [-0.25, -0.2) is 0 Å². The number of nitrogens with one attached hydrogen (secondary N) is 1. The summed E-state index contributed by atoms with van der Waals surface area (Å²) in [6.45, 7) is 0.741. The molecule has 0 radical (unpaired) electrons. The molecule has 1 fully saturated rings. The third kappa shape index (κ3) is 3.68. The van der Waals surface area contributed by atoms with Crippen LogP contribution in [-0.2, 0) is 9.59 Å². The highest BCUT2D eigenvalue weighted by molar-refractivity contribution is 6.30. The van der Waals surface area contributed by atoms with Crippen molar-refractivity contribution < 1.29 is 14.7 Å². The first-order valence-electron chi connectivity index (χ1n) is 6.08. The number of carboxylic acid groups (broad SMARTS) is 1. The molecule has 0 aromatic heterocycles. The molecule has 0 spiro atoms. The van der Waals surface area contributed by atoms with E-state index in [2.05, 4.69) is 5.32 Å². The van der Waals surface area contributed by atoms with Gasteiger partial charge in [-0.2, -0.15) is 0 Å². The topological polar surface area (TPSA) is 69.6 Å². The van der Waals surface area contributed by atoms with Crippen LogP contribution in [0.2, 0.25) is 5.02 Å². The molecule has 19 heavy (non-hydrogen) atoms. The summed E-state index contributed by atoms with van der Waals surface area (Å²) >= 11 is 5.75. The lowest BCUT2D eigenvalue weighted by Gasteiger charge is -2.20. The fourth-order valence-corrected chi connectivity index (χ4v) is 2.34. The summed E-state index contributed by atoms with van der Waals surface area (Å²) in [6.07, 6.45) is 1.41. The van der Waals surface area contributed by atoms with Crippen LogP contribution < -0.4 is 5.32 Å². The van der Waals surface area contributed by atoms with Crippen molar-refractivity contribution in [3.8, 4) is 0 Å². The number of hydrogen-bond acceptors (Lipinski definition) is 3. The Kier molecular flexibility index (Phi) is 4.39. The van der Waals surface area contributed by atoms with Crippen LogP contribution in [-0.4, -0.2) is 41.0 Å². The molecule has 1 amide bonds. The summed E-state index contributed by atoms with van der Waals surface area (Å²) < 4.78 is 0. The van der Waals surface area contributed by atoms with E-state index in [4.69, 9.17) is 16.7 Å². The zero-order chi connectivity index (χ0) is 13.8. The van der Waals surface area contributed by atoms with E-state index in [-0.39, 0.29) is 12.5 Å². The lowest BCUT2D eigenvalue weighted by molar-refractivity contribution is -0.142. The number of halogens is 1. The second-order valence-electron chi connectivity index (χ2n) is 4.52. The maximum atomic E-state index is 11.8. The number of carbonyl (C=O) groups excluding carboxylic acids is 1. The molecule has 1 aromatic rings. The monoisotopic (exact) mass is 282 g/mol. The van der Waals surface area contributed by atoms with Gasteiger partial charge < -0.3 is 10.4 Å². The average molecular weight is 283 g/mol. The number of nitrogens with zero attached hydrogens (tertiary/aromatic N) is 1. The summed E-state index contributed by atoms with van der Waals surface area (Å²) in [6, 6.07) is 6.24. The Bertz CT molecular complexity index is 475. The highest BCUT2D eigenvalue weighted by atomic mass is 35.5. The molecule has 1 aliphatic rings. The number of aliphatic carboxylic acids is 1. The SMILES string of the molecule is O=C(CN1CCC[C@H]1C(=O)O)Nc1ccc(Cl)cc1. The Morgan fingerprint density at radius 3 is 2.68 bits per heavy atom. The Hall–Kier alpha value is -1.59. The fraction of sp³-hybridized carbons (Fsp3) is 0.385. The number of carboxylic acids is 1. The van der Waals surface area contributed by atoms with Gasteiger partial charge in [-0.15, -0.1) is 0 Å². The van der Waals surface area contributed by atoms with Crippen LogP contribution in [0.25, 0.3) is 0 Å². The third-order valence-electron chi connectivity index (χ3n) is 3.12. The maximum absolute atomic E-state index is 11.8. The Labute approximate surface area is 116 Å². The number of rotatable bonds is 4. The molecular weight excluding hydrogens is 268 g/mol. The summed E-state index contributed by atoms with van der Waals surface area (Å²) in [5.41, 5.74) is 0.653. The zero-order valence-electron chi connectivity index (χ0n) is 10.3.